The van der Waals surface area contributed by atoms with Gasteiger partial charge in [-0.2, -0.15) is 0 Å². The van der Waals surface area contributed by atoms with Crippen molar-refractivity contribution in [3.8, 4) is 5.75 Å². The molecule has 0 aliphatic carbocycles. The van der Waals surface area contributed by atoms with Gasteiger partial charge in [0.25, 0.3) is 0 Å². The van der Waals surface area contributed by atoms with Crippen molar-refractivity contribution in [2.45, 2.75) is 37.1 Å². The summed E-state index contributed by atoms with van der Waals surface area (Å²) in [7, 11) is -4.60. The fourth-order valence-corrected chi connectivity index (χ4v) is 7.16. The van der Waals surface area contributed by atoms with Gasteiger partial charge in [-0.3, -0.25) is 0 Å². The van der Waals surface area contributed by atoms with Crippen LogP contribution < -0.4 is 4.74 Å². The molecule has 1 saturated heterocycles. The van der Waals surface area contributed by atoms with Gasteiger partial charge in [-0.05, 0) is 65.5 Å². The van der Waals surface area contributed by atoms with Gasteiger partial charge in [-0.15, -0.1) is 0 Å². The molecule has 0 unspecified atom stereocenters. The Morgan fingerprint density at radius 1 is 1.05 bits per heavy atom. The third-order valence-electron chi connectivity index (χ3n) is 6.78. The number of benzene rings is 2. The zero-order valence-electron chi connectivity index (χ0n) is 20.3. The molecule has 2 atom stereocenters. The highest BCUT2D eigenvalue weighted by Gasteiger charge is 2.48. The van der Waals surface area contributed by atoms with Crippen LogP contribution in [0.2, 0.25) is 6.32 Å². The topological polar surface area (TPSA) is 106 Å². The highest BCUT2D eigenvalue weighted by atomic mass is 32.2. The fraction of sp³-hybridized carbons (Fsp3) is 0.286. The lowest BCUT2D eigenvalue weighted by Crippen LogP contribution is -2.42. The number of aliphatic hydroxyl groups is 1. The zero-order valence-corrected chi connectivity index (χ0v) is 21.1. The van der Waals surface area contributed by atoms with Crippen LogP contribution in [0.25, 0.3) is 11.6 Å². The minimum absolute atomic E-state index is 0.0285. The number of fused-ring (bicyclic) bond motifs is 1. The Hall–Kier alpha value is -3.11. The molecule has 0 radical (unpaired) electrons. The van der Waals surface area contributed by atoms with Crippen molar-refractivity contribution in [3.05, 3.63) is 101 Å². The van der Waals surface area contributed by atoms with E-state index >= 15 is 0 Å². The Bertz CT molecular complexity index is 1380. The molecule has 7 nitrogen and oxygen atoms in total. The maximum absolute atomic E-state index is 13.0. The maximum atomic E-state index is 13.0. The largest absolute Gasteiger partial charge is 0.489 e. The Balaban J connectivity index is 1.42. The smallest absolute Gasteiger partial charge is 0.456 e. The van der Waals surface area contributed by atoms with Crippen molar-refractivity contribution in [2.75, 3.05) is 12.4 Å². The van der Waals surface area contributed by atoms with Gasteiger partial charge < -0.3 is 23.9 Å². The number of aliphatic hydroxyl groups excluding tert-OH is 1. The lowest BCUT2D eigenvalue weighted by Gasteiger charge is -2.32. The van der Waals surface area contributed by atoms with Crippen LogP contribution in [-0.2, 0) is 21.1 Å². The molecule has 0 spiro atoms. The van der Waals surface area contributed by atoms with E-state index in [1.54, 1.807) is 12.1 Å². The minimum atomic E-state index is -3.45. The lowest BCUT2D eigenvalue weighted by atomic mass is 9.74. The minimum Gasteiger partial charge on any atom is -0.489 e. The number of para-hydroxylation sites is 1. The van der Waals surface area contributed by atoms with Crippen LogP contribution in [0.5, 0.6) is 5.75 Å². The van der Waals surface area contributed by atoms with Gasteiger partial charge >= 0.3 is 7.12 Å². The molecule has 0 amide bonds. The number of sulfone groups is 1. The summed E-state index contributed by atoms with van der Waals surface area (Å²) in [6.45, 7) is -0.0249. The second-order valence-electron chi connectivity index (χ2n) is 9.31. The summed E-state index contributed by atoms with van der Waals surface area (Å²) in [4.78, 5) is 0. The van der Waals surface area contributed by atoms with Crippen LogP contribution in [-0.4, -0.2) is 49.4 Å². The van der Waals surface area contributed by atoms with Crippen LogP contribution in [0.4, 0.5) is 0 Å². The second-order valence-corrected chi connectivity index (χ2v) is 11.5. The molecular weight excluding hydrogens is 491 g/mol. The fourth-order valence-electron chi connectivity index (χ4n) is 5.06. The number of ether oxygens (including phenoxy) is 1. The maximum Gasteiger partial charge on any atom is 0.456 e. The molecule has 2 N–H and O–H groups in total. The summed E-state index contributed by atoms with van der Waals surface area (Å²) >= 11 is 0. The van der Waals surface area contributed by atoms with Crippen LogP contribution in [0.15, 0.2) is 88.4 Å². The molecule has 2 aliphatic heterocycles. The van der Waals surface area contributed by atoms with Crippen LogP contribution in [0.1, 0.15) is 29.9 Å². The number of allylic oxidation sites excluding steroid dienone is 1. The average Bonchev–Trinajstić information content (AvgIpc) is 3.47. The monoisotopic (exact) mass is 520 g/mol. The van der Waals surface area contributed by atoms with Crippen molar-refractivity contribution < 1.29 is 32.4 Å². The van der Waals surface area contributed by atoms with Crippen LogP contribution >= 0.6 is 0 Å². The molecule has 37 heavy (non-hydrogen) atoms. The van der Waals surface area contributed by atoms with Crippen molar-refractivity contribution in [1.82, 2.24) is 0 Å². The van der Waals surface area contributed by atoms with E-state index < -0.39 is 28.3 Å². The first kappa shape index (κ1) is 25.5. The number of hydrogen-bond acceptors (Lipinski definition) is 7. The molecule has 9 heteroatoms. The van der Waals surface area contributed by atoms with E-state index in [1.807, 2.05) is 66.7 Å². The van der Waals surface area contributed by atoms with E-state index in [9.17, 15) is 18.5 Å². The molecule has 1 fully saturated rings. The summed E-state index contributed by atoms with van der Waals surface area (Å²) in [6, 6.07) is 22.7. The standard InChI is InChI=1S/C28H29BO7S/c30-17-25-13-12-24(35-25)15-21(20-7-3-1-4-8-20)11-14-26-28-22(18-34-23-9-5-2-6-10-23)19-37(32,33)27(28)16-29(31)36-26/h1-10,12-13,15,26-27,30-31H,11,14,16-19H2/b21-15-/t26-,27+/m1/s1. The van der Waals surface area contributed by atoms with Gasteiger partial charge in [-0.25, -0.2) is 8.42 Å². The van der Waals surface area contributed by atoms with Gasteiger partial charge in [0.05, 0.1) is 17.1 Å². The molecule has 0 bridgehead atoms. The SMILES string of the molecule is O=S1(=O)CC(COc2ccccc2)=C2[C@@H](CC/C(=C/c3ccc(CO)o3)c3ccccc3)OB(O)C[C@@H]21. The molecule has 192 valence electrons. The summed E-state index contributed by atoms with van der Waals surface area (Å²) in [5.41, 5.74) is 3.39. The van der Waals surface area contributed by atoms with Crippen molar-refractivity contribution in [3.63, 3.8) is 0 Å². The predicted molar refractivity (Wildman–Crippen MR) is 142 cm³/mol. The summed E-state index contributed by atoms with van der Waals surface area (Å²) in [6.07, 6.45) is 2.42. The summed E-state index contributed by atoms with van der Waals surface area (Å²) in [5.74, 6) is 1.67. The van der Waals surface area contributed by atoms with E-state index in [4.69, 9.17) is 13.8 Å². The second kappa shape index (κ2) is 11.1. The molecule has 3 aromatic rings. The van der Waals surface area contributed by atoms with Gasteiger partial charge in [0.1, 0.15) is 30.5 Å². The number of hydrogen-bond donors (Lipinski definition) is 2. The van der Waals surface area contributed by atoms with E-state index in [0.717, 1.165) is 11.1 Å². The molecule has 3 heterocycles. The first-order valence-electron chi connectivity index (χ1n) is 12.3. The average molecular weight is 520 g/mol. The van der Waals surface area contributed by atoms with Gasteiger partial charge in [0, 0.05) is 6.32 Å². The first-order chi connectivity index (χ1) is 17.9. The molecule has 2 aromatic carbocycles. The van der Waals surface area contributed by atoms with Crippen molar-refractivity contribution >= 4 is 28.6 Å². The third-order valence-corrected chi connectivity index (χ3v) is 8.84. The zero-order chi connectivity index (χ0) is 25.8. The van der Waals surface area contributed by atoms with E-state index in [0.29, 0.717) is 41.3 Å². The molecule has 0 saturated carbocycles. The highest BCUT2D eigenvalue weighted by molar-refractivity contribution is 7.92. The summed E-state index contributed by atoms with van der Waals surface area (Å²) in [5, 5.41) is 19.0. The van der Waals surface area contributed by atoms with Crippen molar-refractivity contribution in [1.29, 1.82) is 0 Å². The molecule has 5 rings (SSSR count). The van der Waals surface area contributed by atoms with Gasteiger partial charge in [0.15, 0.2) is 9.84 Å². The molecule has 1 aromatic heterocycles. The normalized spacial score (nSPS) is 21.2. The number of rotatable bonds is 9. The van der Waals surface area contributed by atoms with Crippen LogP contribution in [0, 0.1) is 0 Å². The Labute approximate surface area is 217 Å². The summed E-state index contributed by atoms with van der Waals surface area (Å²) < 4.78 is 43.6. The number of furan rings is 1. The van der Waals surface area contributed by atoms with Gasteiger partial charge in [-0.1, -0.05) is 48.5 Å². The van der Waals surface area contributed by atoms with Crippen LogP contribution in [0.3, 0.4) is 0 Å². The van der Waals surface area contributed by atoms with E-state index in [2.05, 4.69) is 0 Å². The Morgan fingerprint density at radius 3 is 2.49 bits per heavy atom. The Kier molecular flexibility index (Phi) is 7.67. The van der Waals surface area contributed by atoms with Gasteiger partial charge in [0.2, 0.25) is 0 Å². The molecule has 2 aliphatic rings. The predicted octanol–water partition coefficient (Wildman–Crippen LogP) is 4.14. The quantitative estimate of drug-likeness (QED) is 0.323. The third kappa shape index (κ3) is 5.91. The lowest BCUT2D eigenvalue weighted by molar-refractivity contribution is 0.170. The highest BCUT2D eigenvalue weighted by Crippen LogP contribution is 2.40. The molecular formula is C28H29BO7S. The van der Waals surface area contributed by atoms with Crippen molar-refractivity contribution in [2.24, 2.45) is 0 Å². The first-order valence-corrected chi connectivity index (χ1v) is 14.0. The van der Waals surface area contributed by atoms with E-state index in [1.165, 1.54) is 0 Å². The van der Waals surface area contributed by atoms with E-state index in [-0.39, 0.29) is 25.3 Å². The Morgan fingerprint density at radius 2 is 1.78 bits per heavy atom.